The average Bonchev–Trinajstić information content (AvgIpc) is 2.79. The quantitative estimate of drug-likeness (QED) is 0.613. The van der Waals surface area contributed by atoms with E-state index in [0.29, 0.717) is 5.75 Å². The van der Waals surface area contributed by atoms with Crippen molar-refractivity contribution in [2.45, 2.75) is 11.9 Å². The Kier molecular flexibility index (Phi) is 6.49. The first kappa shape index (κ1) is 20.2. The molecule has 2 aromatic carbocycles. The summed E-state index contributed by atoms with van der Waals surface area (Å²) in [5.74, 6) is 1.14. The van der Waals surface area contributed by atoms with Crippen molar-refractivity contribution in [3.63, 3.8) is 0 Å². The van der Waals surface area contributed by atoms with Gasteiger partial charge in [-0.2, -0.15) is 0 Å². The van der Waals surface area contributed by atoms with E-state index in [1.807, 2.05) is 49.4 Å². The first-order valence-electron chi connectivity index (χ1n) is 10.1. The maximum absolute atomic E-state index is 12.2. The van der Waals surface area contributed by atoms with Gasteiger partial charge in [0, 0.05) is 37.6 Å². The van der Waals surface area contributed by atoms with E-state index in [1.165, 1.54) is 17.4 Å². The number of aryl methyl sites for hydroxylation is 1. The number of nitrogens with one attached hydrogen (secondary N) is 1. The van der Waals surface area contributed by atoms with Crippen LogP contribution in [0.2, 0.25) is 0 Å². The number of carbonyl (C=O) groups is 1. The molecule has 154 valence electrons. The van der Waals surface area contributed by atoms with Crippen molar-refractivity contribution in [2.24, 2.45) is 0 Å². The Labute approximate surface area is 181 Å². The van der Waals surface area contributed by atoms with E-state index in [0.717, 1.165) is 48.3 Å². The van der Waals surface area contributed by atoms with Gasteiger partial charge in [-0.25, -0.2) is 0 Å². The molecule has 1 fully saturated rings. The molecule has 30 heavy (non-hydrogen) atoms. The first-order chi connectivity index (χ1) is 14.7. The van der Waals surface area contributed by atoms with Crippen LogP contribution in [0.1, 0.15) is 5.56 Å². The number of benzene rings is 2. The Morgan fingerprint density at radius 1 is 0.933 bits per heavy atom. The van der Waals surface area contributed by atoms with E-state index in [4.69, 9.17) is 0 Å². The number of para-hydroxylation sites is 1. The normalized spacial score (nSPS) is 13.9. The highest BCUT2D eigenvalue weighted by molar-refractivity contribution is 7.99. The van der Waals surface area contributed by atoms with E-state index in [1.54, 1.807) is 0 Å². The fourth-order valence-electron chi connectivity index (χ4n) is 3.45. The SMILES string of the molecule is Cc1cccc(NC(=O)CSc2ccc(N3CCN(c4ccccc4)CC3)nn2)c1. The first-order valence-corrected chi connectivity index (χ1v) is 11.0. The Morgan fingerprint density at radius 2 is 1.70 bits per heavy atom. The van der Waals surface area contributed by atoms with Crippen LogP contribution in [0.25, 0.3) is 0 Å². The second kappa shape index (κ2) is 9.63. The third-order valence-electron chi connectivity index (χ3n) is 5.00. The number of rotatable bonds is 6. The van der Waals surface area contributed by atoms with Gasteiger partial charge >= 0.3 is 0 Å². The molecule has 3 aromatic rings. The summed E-state index contributed by atoms with van der Waals surface area (Å²) in [5, 5.41) is 12.3. The van der Waals surface area contributed by atoms with Crippen molar-refractivity contribution in [1.82, 2.24) is 10.2 Å². The molecule has 0 unspecified atom stereocenters. The molecule has 0 saturated carbocycles. The number of anilines is 3. The maximum Gasteiger partial charge on any atom is 0.234 e. The fraction of sp³-hybridized carbons (Fsp3) is 0.261. The zero-order chi connectivity index (χ0) is 20.8. The lowest BCUT2D eigenvalue weighted by molar-refractivity contribution is -0.113. The lowest BCUT2D eigenvalue weighted by atomic mass is 10.2. The molecular weight excluding hydrogens is 394 g/mol. The molecular formula is C23H25N5OS. The zero-order valence-corrected chi connectivity index (χ0v) is 17.8. The van der Waals surface area contributed by atoms with E-state index in [-0.39, 0.29) is 5.91 Å². The second-order valence-electron chi connectivity index (χ2n) is 7.25. The molecule has 1 aliphatic heterocycles. The van der Waals surface area contributed by atoms with Crippen LogP contribution in [0.5, 0.6) is 0 Å². The molecule has 0 radical (unpaired) electrons. The van der Waals surface area contributed by atoms with Crippen LogP contribution in [0.4, 0.5) is 17.2 Å². The summed E-state index contributed by atoms with van der Waals surface area (Å²) in [6, 6.07) is 22.2. The number of carbonyl (C=O) groups excluding carboxylic acids is 1. The summed E-state index contributed by atoms with van der Waals surface area (Å²) in [7, 11) is 0. The number of nitrogens with zero attached hydrogens (tertiary/aromatic N) is 4. The van der Waals surface area contributed by atoms with Crippen LogP contribution in [0, 0.1) is 6.92 Å². The van der Waals surface area contributed by atoms with Crippen molar-refractivity contribution in [3.8, 4) is 0 Å². The van der Waals surface area contributed by atoms with E-state index in [9.17, 15) is 4.79 Å². The largest absolute Gasteiger partial charge is 0.368 e. The molecule has 1 aliphatic rings. The molecule has 0 atom stereocenters. The lowest BCUT2D eigenvalue weighted by Crippen LogP contribution is -2.46. The number of thioether (sulfide) groups is 1. The predicted octanol–water partition coefficient (Wildman–Crippen LogP) is 3.84. The smallest absolute Gasteiger partial charge is 0.234 e. The number of hydrogen-bond donors (Lipinski definition) is 1. The molecule has 1 aromatic heterocycles. The van der Waals surface area contributed by atoms with Crippen molar-refractivity contribution >= 4 is 34.9 Å². The Morgan fingerprint density at radius 3 is 2.40 bits per heavy atom. The molecule has 0 aliphatic carbocycles. The predicted molar refractivity (Wildman–Crippen MR) is 123 cm³/mol. The summed E-state index contributed by atoms with van der Waals surface area (Å²) in [6.07, 6.45) is 0. The number of amides is 1. The minimum atomic E-state index is -0.0477. The van der Waals surface area contributed by atoms with Gasteiger partial charge in [0.2, 0.25) is 5.91 Å². The topological polar surface area (TPSA) is 61.4 Å². The highest BCUT2D eigenvalue weighted by atomic mass is 32.2. The van der Waals surface area contributed by atoms with Crippen LogP contribution in [-0.4, -0.2) is 48.0 Å². The van der Waals surface area contributed by atoms with Gasteiger partial charge in [0.1, 0.15) is 5.03 Å². The molecule has 6 nitrogen and oxygen atoms in total. The third kappa shape index (κ3) is 5.30. The molecule has 4 rings (SSSR count). The minimum Gasteiger partial charge on any atom is -0.368 e. The second-order valence-corrected chi connectivity index (χ2v) is 8.24. The number of piperazine rings is 1. The van der Waals surface area contributed by atoms with Crippen LogP contribution in [0.3, 0.4) is 0 Å². The highest BCUT2D eigenvalue weighted by Crippen LogP contribution is 2.21. The third-order valence-corrected chi connectivity index (χ3v) is 5.92. The van der Waals surface area contributed by atoms with Crippen LogP contribution in [0.15, 0.2) is 71.8 Å². The molecule has 1 N–H and O–H groups in total. The van der Waals surface area contributed by atoms with Crippen molar-refractivity contribution < 1.29 is 4.79 Å². The van der Waals surface area contributed by atoms with Gasteiger partial charge in [-0.05, 0) is 48.9 Å². The Balaban J connectivity index is 1.26. The van der Waals surface area contributed by atoms with Gasteiger partial charge in [0.15, 0.2) is 5.82 Å². The Hall–Kier alpha value is -3.06. The van der Waals surface area contributed by atoms with Crippen LogP contribution < -0.4 is 15.1 Å². The molecule has 0 bridgehead atoms. The van der Waals surface area contributed by atoms with Crippen molar-refractivity contribution in [2.75, 3.05) is 47.0 Å². The van der Waals surface area contributed by atoms with Gasteiger partial charge in [0.05, 0.1) is 5.75 Å². The summed E-state index contributed by atoms with van der Waals surface area (Å²) in [4.78, 5) is 16.8. The standard InChI is InChI=1S/C23H25N5OS/c1-18-6-5-7-19(16-18)24-22(29)17-30-23-11-10-21(25-26-23)28-14-12-27(13-15-28)20-8-3-2-4-9-20/h2-11,16H,12-15,17H2,1H3,(H,24,29). The van der Waals surface area contributed by atoms with Crippen molar-refractivity contribution in [1.29, 1.82) is 0 Å². The molecule has 0 spiro atoms. The molecule has 1 saturated heterocycles. The van der Waals surface area contributed by atoms with Crippen LogP contribution >= 0.6 is 11.8 Å². The van der Waals surface area contributed by atoms with Gasteiger partial charge in [-0.15, -0.1) is 10.2 Å². The number of aromatic nitrogens is 2. The van der Waals surface area contributed by atoms with E-state index < -0.39 is 0 Å². The van der Waals surface area contributed by atoms with E-state index in [2.05, 4.69) is 49.6 Å². The summed E-state index contributed by atoms with van der Waals surface area (Å²) >= 11 is 1.39. The zero-order valence-electron chi connectivity index (χ0n) is 17.0. The lowest BCUT2D eigenvalue weighted by Gasteiger charge is -2.36. The van der Waals surface area contributed by atoms with Gasteiger partial charge in [-0.3, -0.25) is 4.79 Å². The maximum atomic E-state index is 12.2. The average molecular weight is 420 g/mol. The van der Waals surface area contributed by atoms with Crippen LogP contribution in [-0.2, 0) is 4.79 Å². The number of hydrogen-bond acceptors (Lipinski definition) is 6. The molecule has 2 heterocycles. The van der Waals surface area contributed by atoms with Gasteiger partial charge < -0.3 is 15.1 Å². The Bertz CT molecular complexity index is 972. The summed E-state index contributed by atoms with van der Waals surface area (Å²) < 4.78 is 0. The van der Waals surface area contributed by atoms with Crippen molar-refractivity contribution in [3.05, 3.63) is 72.3 Å². The van der Waals surface area contributed by atoms with Gasteiger partial charge in [0.25, 0.3) is 0 Å². The summed E-state index contributed by atoms with van der Waals surface area (Å²) in [6.45, 7) is 5.75. The monoisotopic (exact) mass is 419 g/mol. The minimum absolute atomic E-state index is 0.0477. The van der Waals surface area contributed by atoms with Gasteiger partial charge in [-0.1, -0.05) is 42.1 Å². The summed E-state index contributed by atoms with van der Waals surface area (Å²) in [5.41, 5.74) is 3.20. The fourth-order valence-corrected chi connectivity index (χ4v) is 4.06. The molecule has 1 amide bonds. The van der Waals surface area contributed by atoms with E-state index >= 15 is 0 Å². The highest BCUT2D eigenvalue weighted by Gasteiger charge is 2.18. The molecule has 7 heteroatoms.